The van der Waals surface area contributed by atoms with Gasteiger partial charge in [-0.2, -0.15) is 0 Å². The average molecular weight is 621 g/mol. The molecule has 44 heavy (non-hydrogen) atoms. The van der Waals surface area contributed by atoms with Crippen molar-refractivity contribution in [2.45, 2.75) is 81.6 Å². The van der Waals surface area contributed by atoms with Crippen molar-refractivity contribution in [2.75, 3.05) is 19.0 Å². The van der Waals surface area contributed by atoms with E-state index in [0.717, 1.165) is 52.9 Å². The Morgan fingerprint density at radius 1 is 1.11 bits per heavy atom. The van der Waals surface area contributed by atoms with E-state index in [9.17, 15) is 13.6 Å². The number of hydrogen-bond acceptors (Lipinski definition) is 5. The van der Waals surface area contributed by atoms with Gasteiger partial charge >= 0.3 is 5.97 Å². The molecule has 1 saturated carbocycles. The molecule has 6 rings (SSSR count). The predicted octanol–water partition coefficient (Wildman–Crippen LogP) is 8.76. The van der Waals surface area contributed by atoms with Crippen molar-refractivity contribution in [1.82, 2.24) is 4.98 Å². The molecule has 0 bridgehead atoms. The molecular weight excluding hydrogens is 582 g/mol. The summed E-state index contributed by atoms with van der Waals surface area (Å²) in [6, 6.07) is 17.3. The molecule has 3 aliphatic carbocycles. The number of halogens is 3. The minimum atomic E-state index is -2.55. The van der Waals surface area contributed by atoms with Gasteiger partial charge in [0.05, 0.1) is 19.6 Å². The van der Waals surface area contributed by atoms with Crippen LogP contribution in [-0.4, -0.2) is 36.6 Å². The van der Waals surface area contributed by atoms with Crippen molar-refractivity contribution in [3.8, 4) is 5.75 Å². The van der Waals surface area contributed by atoms with Crippen LogP contribution in [0, 0.1) is 5.92 Å². The zero-order valence-corrected chi connectivity index (χ0v) is 26.0. The first-order chi connectivity index (χ1) is 21.2. The number of aromatic nitrogens is 1. The molecule has 1 unspecified atom stereocenters. The van der Waals surface area contributed by atoms with Crippen molar-refractivity contribution in [2.24, 2.45) is 5.92 Å². The van der Waals surface area contributed by atoms with Gasteiger partial charge in [0.1, 0.15) is 11.3 Å². The summed E-state index contributed by atoms with van der Waals surface area (Å²) in [5, 5.41) is 4.00. The third kappa shape index (κ3) is 5.71. The number of allylic oxidation sites excluding steroid dienone is 1. The molecule has 5 nitrogen and oxygen atoms in total. The average Bonchev–Trinajstić information content (AvgIpc) is 3.32. The molecule has 2 atom stereocenters. The minimum absolute atomic E-state index is 0.0764. The number of fused-ring (bicyclic) bond motifs is 3. The fourth-order valence-corrected chi connectivity index (χ4v) is 7.88. The molecule has 3 aliphatic rings. The van der Waals surface area contributed by atoms with Gasteiger partial charge in [0.2, 0.25) is 6.43 Å². The number of rotatable bonds is 9. The lowest BCUT2D eigenvalue weighted by Gasteiger charge is -2.46. The second-order valence-corrected chi connectivity index (χ2v) is 13.1. The molecule has 1 aromatic heterocycles. The lowest BCUT2D eigenvalue weighted by Crippen LogP contribution is -2.52. The molecule has 3 aromatic rings. The number of methoxy groups -OCH3 is 1. The summed E-state index contributed by atoms with van der Waals surface area (Å²) in [4.78, 5) is 17.8. The van der Waals surface area contributed by atoms with Crippen LogP contribution in [0.15, 0.2) is 66.4 Å². The highest BCUT2D eigenvalue weighted by Crippen LogP contribution is 2.55. The van der Waals surface area contributed by atoms with Gasteiger partial charge in [0.15, 0.2) is 0 Å². The number of esters is 1. The Hall–Kier alpha value is -3.45. The maximum Gasteiger partial charge on any atom is 0.331 e. The fourth-order valence-electron chi connectivity index (χ4n) is 7.69. The van der Waals surface area contributed by atoms with Gasteiger partial charge in [0.25, 0.3) is 0 Å². The van der Waals surface area contributed by atoms with E-state index in [4.69, 9.17) is 21.1 Å². The van der Waals surface area contributed by atoms with Crippen LogP contribution in [-0.2, 0) is 21.4 Å². The van der Waals surface area contributed by atoms with Gasteiger partial charge in [-0.3, -0.25) is 4.98 Å². The Labute approximate surface area is 263 Å². The Balaban J connectivity index is 1.25. The van der Waals surface area contributed by atoms with Crippen LogP contribution >= 0.6 is 11.6 Å². The predicted molar refractivity (Wildman–Crippen MR) is 170 cm³/mol. The van der Waals surface area contributed by atoms with Crippen molar-refractivity contribution >= 4 is 29.3 Å². The molecule has 1 heterocycles. The summed E-state index contributed by atoms with van der Waals surface area (Å²) in [5.41, 5.74) is 4.61. The topological polar surface area (TPSA) is 60.5 Å². The summed E-state index contributed by atoms with van der Waals surface area (Å²) in [7, 11) is 1.40. The van der Waals surface area contributed by atoms with Gasteiger partial charge in [0, 0.05) is 33.6 Å². The minimum Gasteiger partial charge on any atom is -0.493 e. The number of hydrogen-bond donors (Lipinski definition) is 1. The molecule has 0 aliphatic heterocycles. The third-order valence-electron chi connectivity index (χ3n) is 10.0. The van der Waals surface area contributed by atoms with Crippen molar-refractivity contribution in [3.05, 3.63) is 93.8 Å². The van der Waals surface area contributed by atoms with Gasteiger partial charge in [-0.25, -0.2) is 13.6 Å². The maximum absolute atomic E-state index is 14.7. The van der Waals surface area contributed by atoms with Crippen LogP contribution in [0.1, 0.15) is 80.2 Å². The number of nitrogens with zero attached hydrogens (tertiary/aromatic N) is 1. The van der Waals surface area contributed by atoms with Crippen LogP contribution in [0.5, 0.6) is 5.75 Å². The van der Waals surface area contributed by atoms with Gasteiger partial charge in [-0.15, -0.1) is 0 Å². The molecular formula is C36H39ClF2N2O3. The Morgan fingerprint density at radius 3 is 2.66 bits per heavy atom. The summed E-state index contributed by atoms with van der Waals surface area (Å²) in [5.74, 6) is -0.343. The van der Waals surface area contributed by atoms with Crippen LogP contribution in [0.4, 0.5) is 14.5 Å². The van der Waals surface area contributed by atoms with Crippen LogP contribution < -0.4 is 10.1 Å². The fraction of sp³-hybridized carbons (Fsp3) is 0.444. The number of carbonyl (C=O) groups is 1. The smallest absolute Gasteiger partial charge is 0.331 e. The number of ether oxygens (including phenoxy) is 2. The number of nitrogens with one attached hydrogen (secondary N) is 1. The van der Waals surface area contributed by atoms with Crippen LogP contribution in [0.25, 0.3) is 6.08 Å². The first kappa shape index (κ1) is 30.6. The number of aryl methyl sites for hydroxylation is 1. The van der Waals surface area contributed by atoms with Gasteiger partial charge in [-0.1, -0.05) is 60.5 Å². The molecule has 1 spiro atoms. The van der Waals surface area contributed by atoms with E-state index in [1.54, 1.807) is 18.3 Å². The SMILES string of the molecule is COC(=O)C1(Nc2cccc(Cl)c2)CCC2(CC1)C(CC(COc1ccnc3c1[C@H](C)CCC3)C(F)F)=Cc1ccccc12. The van der Waals surface area contributed by atoms with Gasteiger partial charge in [-0.05, 0) is 92.7 Å². The Kier molecular flexibility index (Phi) is 8.69. The molecule has 8 heteroatoms. The normalized spacial score (nSPS) is 24.8. The standard InChI is InChI=1S/C36H39ClF2N2O3/c1-23-7-5-12-30-32(23)31(13-18-40-30)44-22-25(33(38)39)20-26-19-24-8-3-4-11-29(24)35(26)14-16-36(17-15-35,34(42)43-2)41-28-10-6-9-27(37)21-28/h3-4,6,8-11,13,18-19,21,23,25,33,41H,5,7,12,14-17,20,22H2,1-2H3/t23-,25?,35?,36?/m1/s1. The van der Waals surface area contributed by atoms with E-state index >= 15 is 0 Å². The largest absolute Gasteiger partial charge is 0.493 e. The molecule has 232 valence electrons. The second kappa shape index (κ2) is 12.5. The first-order valence-corrected chi connectivity index (χ1v) is 15.9. The number of anilines is 1. The highest BCUT2D eigenvalue weighted by molar-refractivity contribution is 6.30. The quantitative estimate of drug-likeness (QED) is 0.242. The highest BCUT2D eigenvalue weighted by atomic mass is 35.5. The monoisotopic (exact) mass is 620 g/mol. The molecule has 0 radical (unpaired) electrons. The molecule has 1 N–H and O–H groups in total. The number of pyridine rings is 1. The zero-order valence-electron chi connectivity index (χ0n) is 25.3. The molecule has 0 amide bonds. The van der Waals surface area contributed by atoms with E-state index in [2.05, 4.69) is 35.4 Å². The van der Waals surface area contributed by atoms with Crippen LogP contribution in [0.2, 0.25) is 5.02 Å². The maximum atomic E-state index is 14.7. The highest BCUT2D eigenvalue weighted by Gasteiger charge is 2.52. The summed E-state index contributed by atoms with van der Waals surface area (Å²) >= 11 is 6.24. The van der Waals surface area contributed by atoms with E-state index in [1.165, 1.54) is 7.11 Å². The van der Waals surface area contributed by atoms with Crippen molar-refractivity contribution < 1.29 is 23.0 Å². The Bertz CT molecular complexity index is 1550. The van der Waals surface area contributed by atoms with Crippen molar-refractivity contribution in [1.29, 1.82) is 0 Å². The number of benzene rings is 2. The zero-order chi connectivity index (χ0) is 30.9. The second-order valence-electron chi connectivity index (χ2n) is 12.6. The summed E-state index contributed by atoms with van der Waals surface area (Å²) in [6.45, 7) is 2.08. The molecule has 0 saturated heterocycles. The third-order valence-corrected chi connectivity index (χ3v) is 10.3. The lowest BCUT2D eigenvalue weighted by molar-refractivity contribution is -0.147. The van der Waals surface area contributed by atoms with E-state index in [1.807, 2.05) is 30.3 Å². The van der Waals surface area contributed by atoms with Gasteiger partial charge < -0.3 is 14.8 Å². The summed E-state index contributed by atoms with van der Waals surface area (Å²) < 4.78 is 40.9. The van der Waals surface area contributed by atoms with E-state index in [-0.39, 0.29) is 19.0 Å². The molecule has 2 aromatic carbocycles. The first-order valence-electron chi connectivity index (χ1n) is 15.6. The lowest BCUT2D eigenvalue weighted by atomic mass is 9.61. The van der Waals surface area contributed by atoms with Crippen molar-refractivity contribution in [3.63, 3.8) is 0 Å². The number of carbonyl (C=O) groups excluding carboxylic acids is 1. The van der Waals surface area contributed by atoms with Crippen LogP contribution in [0.3, 0.4) is 0 Å². The molecule has 1 fully saturated rings. The van der Waals surface area contributed by atoms with E-state index < -0.39 is 23.3 Å². The number of alkyl halides is 2. The summed E-state index contributed by atoms with van der Waals surface area (Å²) in [6.07, 6.45) is 6.68. The van der Waals surface area contributed by atoms with E-state index in [0.29, 0.717) is 42.4 Å². The Morgan fingerprint density at radius 2 is 1.91 bits per heavy atom.